The zero-order valence-corrected chi connectivity index (χ0v) is 14.8. The van der Waals surface area contributed by atoms with Crippen LogP contribution in [0.15, 0.2) is 27.9 Å². The van der Waals surface area contributed by atoms with E-state index in [9.17, 15) is 8.42 Å². The van der Waals surface area contributed by atoms with Gasteiger partial charge in [-0.1, -0.05) is 6.07 Å². The molecule has 3 heterocycles. The molecule has 124 valence electrons. The first-order chi connectivity index (χ1) is 11.0. The van der Waals surface area contributed by atoms with E-state index in [1.807, 2.05) is 6.92 Å². The fourth-order valence-corrected chi connectivity index (χ4v) is 4.90. The van der Waals surface area contributed by atoms with E-state index in [4.69, 9.17) is 0 Å². The molecule has 0 amide bonds. The van der Waals surface area contributed by atoms with Crippen LogP contribution in [0, 0.1) is 6.92 Å². The number of rotatable bonds is 5. The molecule has 1 fully saturated rings. The molecule has 0 bridgehead atoms. The normalized spacial score (nSPS) is 19.3. The number of likely N-dealkylation sites (tertiary alicyclic amines) is 1. The zero-order chi connectivity index (χ0) is 16.4. The lowest BCUT2D eigenvalue weighted by Gasteiger charge is -2.21. The maximum atomic E-state index is 12.3. The molecule has 1 unspecified atom stereocenters. The van der Waals surface area contributed by atoms with Gasteiger partial charge in [0.25, 0.3) is 0 Å². The molecule has 2 aromatic rings. The molecule has 1 aliphatic rings. The largest absolute Gasteiger partial charge is 0.298 e. The van der Waals surface area contributed by atoms with Crippen molar-refractivity contribution in [3.63, 3.8) is 0 Å². The number of thiophene rings is 1. The monoisotopic (exact) mass is 352 g/mol. The quantitative estimate of drug-likeness (QED) is 0.892. The first-order valence-electron chi connectivity index (χ1n) is 7.53. The molecule has 0 aliphatic carbocycles. The summed E-state index contributed by atoms with van der Waals surface area (Å²) in [7, 11) is -1.40. The van der Waals surface area contributed by atoms with Gasteiger partial charge in [0.1, 0.15) is 10.0 Å². The number of nitrogens with zero attached hydrogens (tertiary/aromatic N) is 3. The van der Waals surface area contributed by atoms with E-state index in [0.717, 1.165) is 30.6 Å². The lowest BCUT2D eigenvalue weighted by molar-refractivity contribution is 0.309. The Balaban J connectivity index is 1.83. The minimum atomic E-state index is -3.48. The van der Waals surface area contributed by atoms with Gasteiger partial charge in [-0.2, -0.15) is 0 Å². The summed E-state index contributed by atoms with van der Waals surface area (Å²) in [5.74, 6) is 0.713. The average molecular weight is 352 g/mol. The fourth-order valence-electron chi connectivity index (χ4n) is 2.85. The molecule has 0 aromatic carbocycles. The van der Waals surface area contributed by atoms with Crippen molar-refractivity contribution in [1.82, 2.24) is 19.6 Å². The number of hydrogen-bond donors (Lipinski definition) is 1. The summed E-state index contributed by atoms with van der Waals surface area (Å²) in [6.45, 7) is 3.10. The van der Waals surface area contributed by atoms with Crippen LogP contribution in [0.2, 0.25) is 0 Å². The molecule has 0 radical (unpaired) electrons. The molecule has 8 heteroatoms. The first-order valence-corrected chi connectivity index (χ1v) is 9.89. The number of nitrogens with one attached hydrogen (secondary N) is 1. The number of aromatic nitrogens is 2. The third-order valence-electron chi connectivity index (χ3n) is 4.07. The van der Waals surface area contributed by atoms with Gasteiger partial charge in [-0.25, -0.2) is 23.1 Å². The Kier molecular flexibility index (Phi) is 4.77. The van der Waals surface area contributed by atoms with E-state index in [0.29, 0.717) is 10.0 Å². The molecule has 2 aromatic heterocycles. The maximum absolute atomic E-state index is 12.3. The number of hydrogen-bond acceptors (Lipinski definition) is 6. The Morgan fingerprint density at radius 1 is 1.48 bits per heavy atom. The van der Waals surface area contributed by atoms with Crippen molar-refractivity contribution in [2.75, 3.05) is 13.6 Å². The molecule has 3 rings (SSSR count). The van der Waals surface area contributed by atoms with Crippen molar-refractivity contribution in [1.29, 1.82) is 0 Å². The fraction of sp³-hybridized carbons (Fsp3) is 0.467. The van der Waals surface area contributed by atoms with Crippen LogP contribution in [0.1, 0.15) is 36.0 Å². The first kappa shape index (κ1) is 16.5. The summed E-state index contributed by atoms with van der Waals surface area (Å²) in [6.07, 6.45) is 3.91. The van der Waals surface area contributed by atoms with Crippen molar-refractivity contribution < 1.29 is 8.42 Å². The second-order valence-corrected chi connectivity index (χ2v) is 8.66. The Bertz CT molecular complexity index is 775. The predicted molar refractivity (Wildman–Crippen MR) is 89.7 cm³/mol. The van der Waals surface area contributed by atoms with Crippen LogP contribution in [-0.4, -0.2) is 36.9 Å². The Morgan fingerprint density at radius 2 is 2.30 bits per heavy atom. The van der Waals surface area contributed by atoms with Gasteiger partial charge in [0.15, 0.2) is 0 Å². The summed E-state index contributed by atoms with van der Waals surface area (Å²) in [6, 6.07) is 3.56. The van der Waals surface area contributed by atoms with Gasteiger partial charge in [0.05, 0.1) is 11.7 Å². The highest BCUT2D eigenvalue weighted by Gasteiger charge is 2.27. The molecule has 6 nitrogen and oxygen atoms in total. The summed E-state index contributed by atoms with van der Waals surface area (Å²) in [5, 5.41) is 1.75. The summed E-state index contributed by atoms with van der Waals surface area (Å²) in [4.78, 5) is 11.1. The van der Waals surface area contributed by atoms with Crippen LogP contribution in [0.3, 0.4) is 0 Å². The van der Waals surface area contributed by atoms with Gasteiger partial charge < -0.3 is 0 Å². The van der Waals surface area contributed by atoms with Crippen molar-refractivity contribution in [2.24, 2.45) is 0 Å². The van der Waals surface area contributed by atoms with Crippen molar-refractivity contribution in [3.8, 4) is 0 Å². The highest BCUT2D eigenvalue weighted by atomic mass is 32.2. The standard InChI is InChI=1S/C15H20N4O2S2/c1-11-16-9-12(15(18-11)13-5-3-7-19(13)2)10-17-23(20,21)14-6-4-8-22-14/h4,6,8-9,13,17H,3,5,7,10H2,1-2H3. The smallest absolute Gasteiger partial charge is 0.250 e. The summed E-state index contributed by atoms with van der Waals surface area (Å²) in [5.41, 5.74) is 1.78. The van der Waals surface area contributed by atoms with Crippen LogP contribution < -0.4 is 4.72 Å². The Hall–Kier alpha value is -1.35. The second kappa shape index (κ2) is 6.64. The van der Waals surface area contributed by atoms with E-state index >= 15 is 0 Å². The van der Waals surface area contributed by atoms with Gasteiger partial charge in [-0.05, 0) is 44.8 Å². The van der Waals surface area contributed by atoms with E-state index in [-0.39, 0.29) is 12.6 Å². The molecule has 23 heavy (non-hydrogen) atoms. The molecule has 1 atom stereocenters. The minimum absolute atomic E-state index is 0.209. The van der Waals surface area contributed by atoms with Crippen LogP contribution in [0.4, 0.5) is 0 Å². The maximum Gasteiger partial charge on any atom is 0.250 e. The summed E-state index contributed by atoms with van der Waals surface area (Å²) >= 11 is 1.21. The Morgan fingerprint density at radius 3 is 2.96 bits per heavy atom. The van der Waals surface area contributed by atoms with Crippen molar-refractivity contribution in [3.05, 3.63) is 40.8 Å². The van der Waals surface area contributed by atoms with Crippen LogP contribution in [0.25, 0.3) is 0 Å². The predicted octanol–water partition coefficient (Wildman–Crippen LogP) is 2.09. The highest BCUT2D eigenvalue weighted by Crippen LogP contribution is 2.31. The van der Waals surface area contributed by atoms with E-state index < -0.39 is 10.0 Å². The number of aryl methyl sites for hydroxylation is 1. The van der Waals surface area contributed by atoms with E-state index in [2.05, 4.69) is 26.6 Å². The van der Waals surface area contributed by atoms with E-state index in [1.165, 1.54) is 11.3 Å². The van der Waals surface area contributed by atoms with Gasteiger partial charge in [0, 0.05) is 18.3 Å². The van der Waals surface area contributed by atoms with Crippen LogP contribution in [0.5, 0.6) is 0 Å². The third kappa shape index (κ3) is 3.60. The molecule has 0 spiro atoms. The van der Waals surface area contributed by atoms with Crippen molar-refractivity contribution in [2.45, 2.75) is 36.6 Å². The lowest BCUT2D eigenvalue weighted by atomic mass is 10.1. The second-order valence-electron chi connectivity index (χ2n) is 5.72. The number of sulfonamides is 1. The minimum Gasteiger partial charge on any atom is -0.298 e. The highest BCUT2D eigenvalue weighted by molar-refractivity contribution is 7.91. The lowest BCUT2D eigenvalue weighted by Crippen LogP contribution is -2.26. The van der Waals surface area contributed by atoms with Crippen LogP contribution in [-0.2, 0) is 16.6 Å². The topological polar surface area (TPSA) is 75.2 Å². The molecule has 1 aliphatic heterocycles. The average Bonchev–Trinajstić information content (AvgIpc) is 3.17. The molecular weight excluding hydrogens is 332 g/mol. The Labute approximate surface area is 140 Å². The molecule has 0 saturated carbocycles. The molecule has 1 saturated heterocycles. The van der Waals surface area contributed by atoms with Gasteiger partial charge in [-0.15, -0.1) is 11.3 Å². The van der Waals surface area contributed by atoms with Crippen molar-refractivity contribution >= 4 is 21.4 Å². The van der Waals surface area contributed by atoms with Crippen LogP contribution >= 0.6 is 11.3 Å². The molecule has 1 N–H and O–H groups in total. The SMILES string of the molecule is Cc1ncc(CNS(=O)(=O)c2cccs2)c(C2CCCN2C)n1. The zero-order valence-electron chi connectivity index (χ0n) is 13.2. The summed E-state index contributed by atoms with van der Waals surface area (Å²) < 4.78 is 27.5. The van der Waals surface area contributed by atoms with Gasteiger partial charge in [-0.3, -0.25) is 4.90 Å². The third-order valence-corrected chi connectivity index (χ3v) is 6.87. The molecular formula is C15H20N4O2S2. The van der Waals surface area contributed by atoms with Gasteiger partial charge in [0.2, 0.25) is 10.0 Å². The van der Waals surface area contributed by atoms with Gasteiger partial charge >= 0.3 is 0 Å². The van der Waals surface area contributed by atoms with E-state index in [1.54, 1.807) is 23.7 Å².